The summed E-state index contributed by atoms with van der Waals surface area (Å²) in [6.45, 7) is 9.12. The SMILES string of the molecule is CCOc1cc(/C=N\NC(=O)[C@H](CC(C)C)NS(=O)(=O)c2ccc(C)cc2)cc(I)c1OC(C)=O. The molecule has 0 spiro atoms. The summed E-state index contributed by atoms with van der Waals surface area (Å²) in [4.78, 5) is 24.3. The molecule has 0 heterocycles. The fourth-order valence-corrected chi connectivity index (χ4v) is 5.01. The van der Waals surface area contributed by atoms with Gasteiger partial charge in [-0.05, 0) is 78.6 Å². The second-order valence-corrected chi connectivity index (χ2v) is 11.1. The lowest BCUT2D eigenvalue weighted by Crippen LogP contribution is -2.46. The molecule has 190 valence electrons. The van der Waals surface area contributed by atoms with Gasteiger partial charge in [0.1, 0.15) is 6.04 Å². The number of rotatable bonds is 11. The average Bonchev–Trinajstić information content (AvgIpc) is 2.75. The zero-order valence-electron chi connectivity index (χ0n) is 20.3. The number of nitrogens with one attached hydrogen (secondary N) is 2. The number of aryl methyl sites for hydroxylation is 1. The van der Waals surface area contributed by atoms with Crippen molar-refractivity contribution in [2.75, 3.05) is 6.61 Å². The van der Waals surface area contributed by atoms with Crippen LogP contribution in [-0.4, -0.2) is 39.2 Å². The third kappa shape index (κ3) is 8.89. The van der Waals surface area contributed by atoms with Gasteiger partial charge in [0.2, 0.25) is 10.0 Å². The third-order valence-corrected chi connectivity index (χ3v) is 6.91. The molecule has 11 heteroatoms. The highest BCUT2D eigenvalue weighted by atomic mass is 127. The molecule has 2 N–H and O–H groups in total. The maximum absolute atomic E-state index is 12.8. The average molecular weight is 615 g/mol. The zero-order chi connectivity index (χ0) is 26.2. The number of hydrazone groups is 1. The van der Waals surface area contributed by atoms with Gasteiger partial charge in [-0.1, -0.05) is 31.5 Å². The highest BCUT2D eigenvalue weighted by Gasteiger charge is 2.26. The lowest BCUT2D eigenvalue weighted by Gasteiger charge is -2.19. The predicted octanol–water partition coefficient (Wildman–Crippen LogP) is 3.77. The minimum Gasteiger partial charge on any atom is -0.490 e. The molecule has 0 aliphatic carbocycles. The van der Waals surface area contributed by atoms with Crippen molar-refractivity contribution in [1.29, 1.82) is 0 Å². The van der Waals surface area contributed by atoms with Gasteiger partial charge in [-0.15, -0.1) is 0 Å². The molecule has 9 nitrogen and oxygen atoms in total. The minimum atomic E-state index is -3.90. The molecule has 1 amide bonds. The summed E-state index contributed by atoms with van der Waals surface area (Å²) in [6, 6.07) is 8.72. The van der Waals surface area contributed by atoms with Crippen LogP contribution in [0.5, 0.6) is 11.5 Å². The topological polar surface area (TPSA) is 123 Å². The van der Waals surface area contributed by atoms with E-state index in [1.54, 1.807) is 31.2 Å². The number of esters is 1. The van der Waals surface area contributed by atoms with Gasteiger partial charge < -0.3 is 9.47 Å². The van der Waals surface area contributed by atoms with Gasteiger partial charge >= 0.3 is 5.97 Å². The minimum absolute atomic E-state index is 0.0552. The number of hydrogen-bond acceptors (Lipinski definition) is 7. The molecule has 0 aromatic heterocycles. The monoisotopic (exact) mass is 615 g/mol. The Morgan fingerprint density at radius 1 is 1.17 bits per heavy atom. The van der Waals surface area contributed by atoms with Crippen molar-refractivity contribution in [3.8, 4) is 11.5 Å². The van der Waals surface area contributed by atoms with Gasteiger partial charge in [0.25, 0.3) is 5.91 Å². The highest BCUT2D eigenvalue weighted by molar-refractivity contribution is 14.1. The molecule has 1 atom stereocenters. The van der Waals surface area contributed by atoms with Gasteiger partial charge in [0.05, 0.1) is 21.3 Å². The summed E-state index contributed by atoms with van der Waals surface area (Å²) in [6.07, 6.45) is 1.69. The van der Waals surface area contributed by atoms with E-state index in [1.807, 2.05) is 43.4 Å². The lowest BCUT2D eigenvalue weighted by atomic mass is 10.0. The molecule has 0 aliphatic heterocycles. The number of halogens is 1. The number of benzene rings is 2. The summed E-state index contributed by atoms with van der Waals surface area (Å²) in [5.41, 5.74) is 3.93. The van der Waals surface area contributed by atoms with Gasteiger partial charge in [-0.2, -0.15) is 9.82 Å². The number of sulfonamides is 1. The molecule has 35 heavy (non-hydrogen) atoms. The molecular formula is C24H30IN3O6S. The number of carbonyl (C=O) groups is 2. The largest absolute Gasteiger partial charge is 0.490 e. The van der Waals surface area contributed by atoms with Crippen molar-refractivity contribution in [2.45, 2.75) is 52.0 Å². The summed E-state index contributed by atoms with van der Waals surface area (Å²) in [7, 11) is -3.90. The fraction of sp³-hybridized carbons (Fsp3) is 0.375. The van der Waals surface area contributed by atoms with E-state index in [-0.39, 0.29) is 17.2 Å². The molecule has 2 aromatic rings. The van der Waals surface area contributed by atoms with Crippen LogP contribution in [0.2, 0.25) is 0 Å². The summed E-state index contributed by atoms with van der Waals surface area (Å²) < 4.78 is 39.5. The van der Waals surface area contributed by atoms with Gasteiger partial charge in [0.15, 0.2) is 11.5 Å². The molecule has 0 fully saturated rings. The van der Waals surface area contributed by atoms with Gasteiger partial charge in [-0.25, -0.2) is 13.8 Å². The van der Waals surface area contributed by atoms with Crippen molar-refractivity contribution in [2.24, 2.45) is 11.0 Å². The first-order valence-corrected chi connectivity index (χ1v) is 13.6. The van der Waals surface area contributed by atoms with Crippen LogP contribution in [0.15, 0.2) is 46.4 Å². The van der Waals surface area contributed by atoms with Crippen molar-refractivity contribution >= 4 is 50.7 Å². The maximum atomic E-state index is 12.8. The van der Waals surface area contributed by atoms with Gasteiger partial charge in [-0.3, -0.25) is 9.59 Å². The van der Waals surface area contributed by atoms with Crippen LogP contribution < -0.4 is 19.6 Å². The van der Waals surface area contributed by atoms with E-state index in [1.165, 1.54) is 25.3 Å². The van der Waals surface area contributed by atoms with Crippen molar-refractivity contribution in [3.05, 3.63) is 51.1 Å². The van der Waals surface area contributed by atoms with E-state index in [0.717, 1.165) is 5.56 Å². The Morgan fingerprint density at radius 2 is 1.83 bits per heavy atom. The number of ether oxygens (including phenoxy) is 2. The van der Waals surface area contributed by atoms with E-state index in [4.69, 9.17) is 9.47 Å². The lowest BCUT2D eigenvalue weighted by molar-refractivity contribution is -0.132. The van der Waals surface area contributed by atoms with E-state index in [2.05, 4.69) is 15.2 Å². The second-order valence-electron chi connectivity index (χ2n) is 8.21. The molecule has 0 saturated heterocycles. The Labute approximate surface area is 219 Å². The highest BCUT2D eigenvalue weighted by Crippen LogP contribution is 2.34. The molecule has 2 aromatic carbocycles. The molecular weight excluding hydrogens is 585 g/mol. The van der Waals surface area contributed by atoms with Crippen molar-refractivity contribution < 1.29 is 27.5 Å². The first-order chi connectivity index (χ1) is 16.4. The number of carbonyl (C=O) groups excluding carboxylic acids is 2. The number of hydrogen-bond donors (Lipinski definition) is 2. The Morgan fingerprint density at radius 3 is 2.40 bits per heavy atom. The zero-order valence-corrected chi connectivity index (χ0v) is 23.3. The molecule has 2 rings (SSSR count). The van der Waals surface area contributed by atoms with Crippen LogP contribution in [0.25, 0.3) is 0 Å². The molecule has 0 bridgehead atoms. The number of amides is 1. The first kappa shape index (κ1) is 28.7. The Balaban J connectivity index is 2.19. The van der Waals surface area contributed by atoms with Crippen molar-refractivity contribution in [1.82, 2.24) is 10.1 Å². The van der Waals surface area contributed by atoms with Crippen LogP contribution >= 0.6 is 22.6 Å². The Bertz CT molecular complexity index is 1180. The van der Waals surface area contributed by atoms with E-state index < -0.39 is 27.9 Å². The predicted molar refractivity (Wildman–Crippen MR) is 142 cm³/mol. The van der Waals surface area contributed by atoms with Crippen LogP contribution in [0.3, 0.4) is 0 Å². The Hall–Kier alpha value is -2.51. The summed E-state index contributed by atoms with van der Waals surface area (Å²) >= 11 is 2.01. The smallest absolute Gasteiger partial charge is 0.308 e. The number of nitrogens with zero attached hydrogens (tertiary/aromatic N) is 1. The second kappa shape index (κ2) is 13.0. The van der Waals surface area contributed by atoms with Crippen LogP contribution in [-0.2, 0) is 19.6 Å². The molecule has 0 aliphatic rings. The summed E-state index contributed by atoms with van der Waals surface area (Å²) in [5, 5.41) is 3.99. The fourth-order valence-electron chi connectivity index (χ4n) is 3.07. The van der Waals surface area contributed by atoms with E-state index >= 15 is 0 Å². The van der Waals surface area contributed by atoms with Crippen molar-refractivity contribution in [3.63, 3.8) is 0 Å². The van der Waals surface area contributed by atoms with Crippen LogP contribution in [0.1, 0.15) is 45.2 Å². The van der Waals surface area contributed by atoms with Gasteiger partial charge in [0, 0.05) is 6.92 Å². The molecule has 0 radical (unpaired) electrons. The maximum Gasteiger partial charge on any atom is 0.308 e. The summed E-state index contributed by atoms with van der Waals surface area (Å²) in [5.74, 6) is -0.321. The standard InChI is InChI=1S/C24H30IN3O6S/c1-6-33-22-13-18(12-20(25)23(22)34-17(5)29)14-26-27-24(30)21(11-15(2)3)28-35(31,32)19-9-7-16(4)8-10-19/h7-10,12-15,21,28H,6,11H2,1-5H3,(H,27,30)/b26-14-/t21-/m0/s1. The molecule has 0 saturated carbocycles. The van der Waals surface area contributed by atoms with E-state index in [0.29, 0.717) is 27.2 Å². The van der Waals surface area contributed by atoms with E-state index in [9.17, 15) is 18.0 Å². The first-order valence-electron chi connectivity index (χ1n) is 11.0. The quantitative estimate of drug-likeness (QED) is 0.131. The van der Waals surface area contributed by atoms with Crippen LogP contribution in [0.4, 0.5) is 0 Å². The third-order valence-electron chi connectivity index (χ3n) is 4.62. The molecule has 0 unspecified atom stereocenters. The van der Waals surface area contributed by atoms with Crippen LogP contribution in [0, 0.1) is 16.4 Å². The normalized spacial score (nSPS) is 12.5. The Kier molecular flexibility index (Phi) is 10.7.